The van der Waals surface area contributed by atoms with E-state index in [0.29, 0.717) is 12.6 Å². The second kappa shape index (κ2) is 11.1. The first-order valence-corrected chi connectivity index (χ1v) is 13.8. The molecule has 2 aromatic heterocycles. The number of anilines is 1. The van der Waals surface area contributed by atoms with Crippen LogP contribution in [0.5, 0.6) is 0 Å². The van der Waals surface area contributed by atoms with Gasteiger partial charge in [0.2, 0.25) is 5.95 Å². The summed E-state index contributed by atoms with van der Waals surface area (Å²) < 4.78 is 22.7. The maximum atomic E-state index is 13.8. The molecule has 39 heavy (non-hydrogen) atoms. The van der Waals surface area contributed by atoms with Crippen LogP contribution in [0.1, 0.15) is 63.1 Å². The molecule has 2 atom stereocenters. The van der Waals surface area contributed by atoms with Crippen molar-refractivity contribution in [3.63, 3.8) is 0 Å². The van der Waals surface area contributed by atoms with E-state index in [1.165, 1.54) is 12.1 Å². The topological polar surface area (TPSA) is 77.2 Å². The Labute approximate surface area is 228 Å². The Bertz CT molecular complexity index is 1500. The predicted molar refractivity (Wildman–Crippen MR) is 152 cm³/mol. The Hall–Kier alpha value is -3.91. The van der Waals surface area contributed by atoms with Crippen molar-refractivity contribution in [2.24, 2.45) is 4.99 Å². The van der Waals surface area contributed by atoms with Crippen LogP contribution in [0.4, 0.5) is 16.0 Å². The van der Waals surface area contributed by atoms with Gasteiger partial charge in [0, 0.05) is 42.4 Å². The van der Waals surface area contributed by atoms with Crippen molar-refractivity contribution < 1.29 is 9.13 Å². The molecule has 8 heteroatoms. The molecule has 2 aliphatic rings. The lowest BCUT2D eigenvalue weighted by Crippen LogP contribution is -2.19. The molecule has 2 aromatic carbocycles. The zero-order valence-corrected chi connectivity index (χ0v) is 22.4. The Morgan fingerprint density at radius 2 is 1.92 bits per heavy atom. The van der Waals surface area contributed by atoms with Gasteiger partial charge in [-0.15, -0.1) is 0 Å². The van der Waals surface area contributed by atoms with Crippen molar-refractivity contribution in [1.29, 1.82) is 0 Å². The van der Waals surface area contributed by atoms with Gasteiger partial charge >= 0.3 is 0 Å². The lowest BCUT2D eigenvalue weighted by atomic mass is 9.99. The normalized spacial score (nSPS) is 18.0. The average molecular weight is 525 g/mol. The molecule has 4 heterocycles. The SMILES string of the molecule is CCCCNc1nccc(-c2c(-c3ccc(F)cc3)nc3n2C(COC2CC(C)=Nc4ccccc42)CC3)n1. The number of aryl methyl sites for hydroxylation is 1. The number of nitrogens with zero attached hydrogens (tertiary/aromatic N) is 5. The molecule has 0 spiro atoms. The molecule has 4 aromatic rings. The summed E-state index contributed by atoms with van der Waals surface area (Å²) in [4.78, 5) is 19.1. The lowest BCUT2D eigenvalue weighted by Gasteiger charge is -2.26. The Morgan fingerprint density at radius 1 is 1.08 bits per heavy atom. The minimum atomic E-state index is -0.269. The number of rotatable bonds is 9. The van der Waals surface area contributed by atoms with Crippen LogP contribution in [0.3, 0.4) is 0 Å². The highest BCUT2D eigenvalue weighted by Gasteiger charge is 2.32. The van der Waals surface area contributed by atoms with E-state index in [4.69, 9.17) is 19.7 Å². The fourth-order valence-electron chi connectivity index (χ4n) is 5.50. The number of hydrogen-bond acceptors (Lipinski definition) is 6. The number of hydrogen-bond donors (Lipinski definition) is 1. The van der Waals surface area contributed by atoms with Crippen LogP contribution in [-0.4, -0.2) is 38.4 Å². The molecule has 200 valence electrons. The van der Waals surface area contributed by atoms with Gasteiger partial charge in [-0.1, -0.05) is 31.5 Å². The molecule has 0 radical (unpaired) electrons. The number of aromatic nitrogens is 4. The van der Waals surface area contributed by atoms with Crippen LogP contribution in [0, 0.1) is 5.82 Å². The van der Waals surface area contributed by atoms with Gasteiger partial charge in [0.15, 0.2) is 0 Å². The van der Waals surface area contributed by atoms with Gasteiger partial charge in [0.25, 0.3) is 0 Å². The molecule has 0 aliphatic carbocycles. The van der Waals surface area contributed by atoms with Gasteiger partial charge < -0.3 is 14.6 Å². The molecule has 2 aliphatic heterocycles. The fourth-order valence-corrected chi connectivity index (χ4v) is 5.50. The number of nitrogens with one attached hydrogen (secondary N) is 1. The van der Waals surface area contributed by atoms with E-state index in [0.717, 1.165) is 84.1 Å². The molecular formula is C31H33FN6O. The second-order valence-corrected chi connectivity index (χ2v) is 10.3. The summed E-state index contributed by atoms with van der Waals surface area (Å²) in [6.07, 6.45) is 6.46. The van der Waals surface area contributed by atoms with Crippen LogP contribution in [-0.2, 0) is 11.2 Å². The smallest absolute Gasteiger partial charge is 0.223 e. The minimum absolute atomic E-state index is 0.0280. The van der Waals surface area contributed by atoms with Crippen molar-refractivity contribution in [1.82, 2.24) is 19.5 Å². The summed E-state index contributed by atoms with van der Waals surface area (Å²) in [7, 11) is 0. The van der Waals surface area contributed by atoms with Crippen LogP contribution >= 0.6 is 0 Å². The number of imidazole rings is 1. The van der Waals surface area contributed by atoms with Gasteiger partial charge in [-0.25, -0.2) is 19.3 Å². The summed E-state index contributed by atoms with van der Waals surface area (Å²) >= 11 is 0. The predicted octanol–water partition coefficient (Wildman–Crippen LogP) is 7.10. The Morgan fingerprint density at radius 3 is 2.77 bits per heavy atom. The van der Waals surface area contributed by atoms with Crippen molar-refractivity contribution in [2.75, 3.05) is 18.5 Å². The van der Waals surface area contributed by atoms with E-state index in [-0.39, 0.29) is 18.0 Å². The third-order valence-electron chi connectivity index (χ3n) is 7.45. The van der Waals surface area contributed by atoms with Gasteiger partial charge in [-0.2, -0.15) is 0 Å². The van der Waals surface area contributed by atoms with E-state index in [2.05, 4.69) is 34.8 Å². The molecule has 0 saturated carbocycles. The summed E-state index contributed by atoms with van der Waals surface area (Å²) in [5.74, 6) is 1.33. The first-order valence-electron chi connectivity index (χ1n) is 13.8. The number of aliphatic imine (C=N–C) groups is 1. The Balaban J connectivity index is 1.34. The summed E-state index contributed by atoms with van der Waals surface area (Å²) in [6, 6.07) is 16.8. The molecule has 7 nitrogen and oxygen atoms in total. The zero-order chi connectivity index (χ0) is 26.8. The summed E-state index contributed by atoms with van der Waals surface area (Å²) in [5, 5.41) is 3.34. The third-order valence-corrected chi connectivity index (χ3v) is 7.45. The minimum Gasteiger partial charge on any atom is -0.371 e. The van der Waals surface area contributed by atoms with E-state index in [1.54, 1.807) is 18.3 Å². The summed E-state index contributed by atoms with van der Waals surface area (Å²) in [5.41, 5.74) is 6.59. The number of ether oxygens (including phenoxy) is 1. The molecule has 0 saturated heterocycles. The molecule has 1 N–H and O–H groups in total. The van der Waals surface area contributed by atoms with Gasteiger partial charge in [-0.05, 0) is 56.2 Å². The average Bonchev–Trinajstić information content (AvgIpc) is 3.52. The molecule has 0 bridgehead atoms. The zero-order valence-electron chi connectivity index (χ0n) is 22.4. The largest absolute Gasteiger partial charge is 0.371 e. The van der Waals surface area contributed by atoms with Crippen LogP contribution < -0.4 is 5.32 Å². The van der Waals surface area contributed by atoms with Gasteiger partial charge in [0.05, 0.1) is 41.5 Å². The maximum Gasteiger partial charge on any atom is 0.223 e. The van der Waals surface area contributed by atoms with Crippen molar-refractivity contribution in [2.45, 2.75) is 58.1 Å². The first kappa shape index (κ1) is 25.4. The maximum absolute atomic E-state index is 13.8. The standard InChI is InChI=1S/C31H33FN6O/c1-3-4-16-33-31-34-17-15-26(36-31)30-29(21-9-11-22(32)12-10-21)37-28-14-13-23(38(28)30)19-39-27-18-20(2)35-25-8-6-5-7-24(25)27/h5-12,15,17,23,27H,3-4,13-14,16,18-19H2,1-2H3,(H,33,34,36). The molecule has 0 fully saturated rings. The monoisotopic (exact) mass is 524 g/mol. The van der Waals surface area contributed by atoms with Crippen molar-refractivity contribution in [3.05, 3.63) is 78.0 Å². The van der Waals surface area contributed by atoms with E-state index in [1.807, 2.05) is 24.3 Å². The number of halogens is 1. The number of fused-ring (bicyclic) bond motifs is 2. The highest BCUT2D eigenvalue weighted by atomic mass is 19.1. The lowest BCUT2D eigenvalue weighted by molar-refractivity contribution is 0.0362. The number of unbranched alkanes of at least 4 members (excludes halogenated alkanes) is 1. The molecular weight excluding hydrogens is 491 g/mol. The van der Waals surface area contributed by atoms with Gasteiger partial charge in [-0.3, -0.25) is 4.99 Å². The van der Waals surface area contributed by atoms with Gasteiger partial charge in [0.1, 0.15) is 11.6 Å². The first-order chi connectivity index (χ1) is 19.1. The quantitative estimate of drug-likeness (QED) is 0.236. The van der Waals surface area contributed by atoms with Crippen LogP contribution in [0.2, 0.25) is 0 Å². The molecule has 2 unspecified atom stereocenters. The number of para-hydroxylation sites is 1. The second-order valence-electron chi connectivity index (χ2n) is 10.3. The number of benzene rings is 2. The van der Waals surface area contributed by atoms with E-state index >= 15 is 0 Å². The van der Waals surface area contributed by atoms with E-state index in [9.17, 15) is 4.39 Å². The Kier molecular flexibility index (Phi) is 7.20. The highest BCUT2D eigenvalue weighted by molar-refractivity contribution is 5.87. The van der Waals surface area contributed by atoms with Crippen LogP contribution in [0.15, 0.2) is 65.8 Å². The van der Waals surface area contributed by atoms with E-state index < -0.39 is 0 Å². The molecule has 6 rings (SSSR count). The van der Waals surface area contributed by atoms with Crippen molar-refractivity contribution >= 4 is 17.3 Å². The summed E-state index contributed by atoms with van der Waals surface area (Å²) in [6.45, 7) is 5.59. The van der Waals surface area contributed by atoms with Crippen LogP contribution in [0.25, 0.3) is 22.6 Å². The third kappa shape index (κ3) is 5.21. The highest BCUT2D eigenvalue weighted by Crippen LogP contribution is 2.41. The fraction of sp³-hybridized carbons (Fsp3) is 0.355. The van der Waals surface area contributed by atoms with Crippen molar-refractivity contribution in [3.8, 4) is 22.6 Å². The molecule has 0 amide bonds.